The van der Waals surface area contributed by atoms with Crippen LogP contribution in [0.4, 0.5) is 5.69 Å². The second kappa shape index (κ2) is 16.9. The van der Waals surface area contributed by atoms with Crippen molar-refractivity contribution in [1.29, 1.82) is 0 Å². The number of likely N-dealkylation sites (N-methyl/N-ethyl adjacent to an activating group) is 1. The summed E-state index contributed by atoms with van der Waals surface area (Å²) in [6, 6.07) is 26.3. The summed E-state index contributed by atoms with van der Waals surface area (Å²) >= 11 is 14.2. The van der Waals surface area contributed by atoms with Gasteiger partial charge in [-0.1, -0.05) is 71.7 Å². The third-order valence-electron chi connectivity index (χ3n) is 7.34. The molecule has 0 bridgehead atoms. The fraction of sp³-hybridized carbons (Fsp3) is 0.257. The zero-order valence-corrected chi connectivity index (χ0v) is 29.5. The molecule has 0 fully saturated rings. The molecule has 0 heterocycles. The summed E-state index contributed by atoms with van der Waals surface area (Å²) in [5.74, 6) is -0.700. The number of hydrogen-bond donors (Lipinski definition) is 1. The summed E-state index contributed by atoms with van der Waals surface area (Å²) in [7, 11) is -4.30. The fourth-order valence-electron chi connectivity index (χ4n) is 5.01. The van der Waals surface area contributed by atoms with E-state index in [0.29, 0.717) is 27.9 Å². The number of thioether (sulfide) groups is 1. The maximum absolute atomic E-state index is 14.6. The van der Waals surface area contributed by atoms with E-state index >= 15 is 0 Å². The highest BCUT2D eigenvalue weighted by molar-refractivity contribution is 7.98. The number of ether oxygens (including phenoxy) is 1. The van der Waals surface area contributed by atoms with E-state index in [0.717, 1.165) is 14.8 Å². The lowest BCUT2D eigenvalue weighted by atomic mass is 10.0. The molecule has 0 spiro atoms. The van der Waals surface area contributed by atoms with Crippen molar-refractivity contribution in [3.63, 3.8) is 0 Å². The van der Waals surface area contributed by atoms with Crippen molar-refractivity contribution >= 4 is 62.5 Å². The monoisotopic (exact) mass is 713 g/mol. The minimum atomic E-state index is -4.30. The van der Waals surface area contributed by atoms with E-state index in [9.17, 15) is 18.0 Å². The Kier molecular flexibility index (Phi) is 13.0. The molecule has 0 radical (unpaired) electrons. The number of carbonyl (C=O) groups is 2. The number of anilines is 1. The Labute approximate surface area is 291 Å². The molecule has 2 amide bonds. The summed E-state index contributed by atoms with van der Waals surface area (Å²) in [6.07, 6.45) is 2.08. The molecule has 0 saturated carbocycles. The Morgan fingerprint density at radius 2 is 1.60 bits per heavy atom. The van der Waals surface area contributed by atoms with Gasteiger partial charge in [-0.3, -0.25) is 13.9 Å². The van der Waals surface area contributed by atoms with Gasteiger partial charge in [0.1, 0.15) is 18.3 Å². The van der Waals surface area contributed by atoms with Gasteiger partial charge >= 0.3 is 0 Å². The van der Waals surface area contributed by atoms with Crippen molar-refractivity contribution < 1.29 is 22.7 Å². The summed E-state index contributed by atoms with van der Waals surface area (Å²) in [5, 5.41) is 3.57. The first-order valence-corrected chi connectivity index (χ1v) is 18.4. The highest BCUT2D eigenvalue weighted by Gasteiger charge is 2.35. The Balaban J connectivity index is 1.85. The molecule has 8 nitrogen and oxygen atoms in total. The van der Waals surface area contributed by atoms with Crippen LogP contribution in [0.2, 0.25) is 10.0 Å². The van der Waals surface area contributed by atoms with Crippen LogP contribution in [-0.2, 0) is 32.6 Å². The van der Waals surface area contributed by atoms with E-state index < -0.39 is 28.5 Å². The second-order valence-electron chi connectivity index (χ2n) is 10.4. The van der Waals surface area contributed by atoms with Gasteiger partial charge < -0.3 is 15.0 Å². The van der Waals surface area contributed by atoms with E-state index in [2.05, 4.69) is 5.32 Å². The van der Waals surface area contributed by atoms with Crippen LogP contribution >= 0.6 is 35.0 Å². The number of nitrogens with one attached hydrogen (secondary N) is 1. The van der Waals surface area contributed by atoms with Crippen LogP contribution < -0.4 is 14.4 Å². The van der Waals surface area contributed by atoms with Gasteiger partial charge in [0.15, 0.2) is 0 Å². The summed E-state index contributed by atoms with van der Waals surface area (Å²) < 4.78 is 35.6. The molecule has 0 aromatic heterocycles. The standard InChI is InChI=1S/C35H37Cl2N3O5S2/c1-4-38-35(42)32(21-25-11-7-6-8-12-25)39(23-26-15-16-27(36)22-30(26)37)34(41)24-40(31-13-9-10-14-33(31)45-5-2)47(43,44)29-19-17-28(46-3)18-20-29/h6-20,22,32H,4-5,21,23-24H2,1-3H3,(H,38,42)/t32-/m1/s1. The maximum atomic E-state index is 14.6. The Bertz CT molecular complexity index is 1770. The number of rotatable bonds is 15. The molecule has 12 heteroatoms. The number of sulfonamides is 1. The van der Waals surface area contributed by atoms with E-state index in [4.69, 9.17) is 27.9 Å². The highest BCUT2D eigenvalue weighted by Crippen LogP contribution is 2.34. The predicted molar refractivity (Wildman–Crippen MR) is 190 cm³/mol. The van der Waals surface area contributed by atoms with Gasteiger partial charge in [-0.15, -0.1) is 11.8 Å². The van der Waals surface area contributed by atoms with E-state index in [1.165, 1.54) is 28.8 Å². The molecule has 1 N–H and O–H groups in total. The normalized spacial score (nSPS) is 11.9. The average Bonchev–Trinajstić information content (AvgIpc) is 3.07. The lowest BCUT2D eigenvalue weighted by Crippen LogP contribution is -2.53. The van der Waals surface area contributed by atoms with Crippen LogP contribution in [0.1, 0.15) is 25.0 Å². The number of halogens is 2. The first-order chi connectivity index (χ1) is 22.6. The van der Waals surface area contributed by atoms with Crippen molar-refractivity contribution in [1.82, 2.24) is 10.2 Å². The molecule has 4 rings (SSSR count). The zero-order chi connectivity index (χ0) is 34.0. The smallest absolute Gasteiger partial charge is 0.264 e. The third kappa shape index (κ3) is 9.22. The number of amides is 2. The minimum absolute atomic E-state index is 0.00580. The maximum Gasteiger partial charge on any atom is 0.264 e. The molecule has 0 saturated heterocycles. The average molecular weight is 715 g/mol. The number of para-hydroxylation sites is 2. The second-order valence-corrected chi connectivity index (χ2v) is 14.0. The van der Waals surface area contributed by atoms with Crippen LogP contribution in [0.3, 0.4) is 0 Å². The van der Waals surface area contributed by atoms with E-state index in [1.54, 1.807) is 68.4 Å². The Hall–Kier alpha value is -3.70. The molecule has 47 heavy (non-hydrogen) atoms. The van der Waals surface area contributed by atoms with Crippen molar-refractivity contribution in [3.8, 4) is 5.75 Å². The Morgan fingerprint density at radius 1 is 0.915 bits per heavy atom. The van der Waals surface area contributed by atoms with Crippen LogP contribution in [-0.4, -0.2) is 57.1 Å². The van der Waals surface area contributed by atoms with Crippen LogP contribution in [0.5, 0.6) is 5.75 Å². The lowest BCUT2D eigenvalue weighted by Gasteiger charge is -2.34. The van der Waals surface area contributed by atoms with Gasteiger partial charge in [0.25, 0.3) is 10.0 Å². The quantitative estimate of drug-likeness (QED) is 0.132. The highest BCUT2D eigenvalue weighted by atomic mass is 35.5. The van der Waals surface area contributed by atoms with Crippen molar-refractivity contribution in [2.24, 2.45) is 0 Å². The zero-order valence-electron chi connectivity index (χ0n) is 26.4. The number of carbonyl (C=O) groups excluding carboxylic acids is 2. The SMILES string of the molecule is CCNC(=O)[C@@H](Cc1ccccc1)N(Cc1ccc(Cl)cc1Cl)C(=O)CN(c1ccccc1OCC)S(=O)(=O)c1ccc(SC)cc1. The predicted octanol–water partition coefficient (Wildman–Crippen LogP) is 7.09. The molecule has 0 unspecified atom stereocenters. The summed E-state index contributed by atoms with van der Waals surface area (Å²) in [6.45, 7) is 3.50. The minimum Gasteiger partial charge on any atom is -0.492 e. The molecule has 248 valence electrons. The molecule has 0 aliphatic heterocycles. The largest absolute Gasteiger partial charge is 0.492 e. The van der Waals surface area contributed by atoms with Gasteiger partial charge in [0.2, 0.25) is 11.8 Å². The summed E-state index contributed by atoms with van der Waals surface area (Å²) in [5.41, 5.74) is 1.56. The molecular weight excluding hydrogens is 677 g/mol. The van der Waals surface area contributed by atoms with Crippen LogP contribution in [0, 0.1) is 0 Å². The van der Waals surface area contributed by atoms with E-state index in [1.807, 2.05) is 36.6 Å². The van der Waals surface area contributed by atoms with E-state index in [-0.39, 0.29) is 36.1 Å². The molecule has 4 aromatic carbocycles. The van der Waals surface area contributed by atoms with Crippen molar-refractivity contribution in [2.45, 2.75) is 42.6 Å². The van der Waals surface area contributed by atoms with Crippen LogP contribution in [0.25, 0.3) is 0 Å². The van der Waals surface area contributed by atoms with Gasteiger partial charge in [-0.2, -0.15) is 0 Å². The molecule has 0 aliphatic rings. The molecule has 0 aliphatic carbocycles. The molecule has 1 atom stereocenters. The molecule has 4 aromatic rings. The fourth-order valence-corrected chi connectivity index (χ4v) is 7.31. The number of nitrogens with zero attached hydrogens (tertiary/aromatic N) is 2. The third-order valence-corrected chi connectivity index (χ3v) is 10.4. The number of benzene rings is 4. The lowest BCUT2D eigenvalue weighted by molar-refractivity contribution is -0.140. The number of hydrogen-bond acceptors (Lipinski definition) is 6. The topological polar surface area (TPSA) is 96.0 Å². The Morgan fingerprint density at radius 3 is 2.23 bits per heavy atom. The van der Waals surface area contributed by atoms with Gasteiger partial charge in [0.05, 0.1) is 17.2 Å². The molecular formula is C35H37Cl2N3O5S2. The van der Waals surface area contributed by atoms with Gasteiger partial charge in [0, 0.05) is 34.5 Å². The van der Waals surface area contributed by atoms with Gasteiger partial charge in [-0.05, 0) is 79.8 Å². The van der Waals surface area contributed by atoms with Crippen molar-refractivity contribution in [2.75, 3.05) is 30.3 Å². The first-order valence-electron chi connectivity index (χ1n) is 15.0. The summed E-state index contributed by atoms with van der Waals surface area (Å²) in [4.78, 5) is 30.6. The van der Waals surface area contributed by atoms with Crippen molar-refractivity contribution in [3.05, 3.63) is 118 Å². The van der Waals surface area contributed by atoms with Crippen LogP contribution in [0.15, 0.2) is 107 Å². The van der Waals surface area contributed by atoms with Gasteiger partial charge in [-0.25, -0.2) is 8.42 Å². The first kappa shape index (κ1) is 36.1.